The molecule has 0 aliphatic rings. The third kappa shape index (κ3) is 1.52. The summed E-state index contributed by atoms with van der Waals surface area (Å²) in [6.45, 7) is 2.28. The minimum atomic E-state index is 0.277. The van der Waals surface area contributed by atoms with E-state index in [1.165, 1.54) is 0 Å². The van der Waals surface area contributed by atoms with Crippen LogP contribution >= 0.6 is 0 Å². The Kier molecular flexibility index (Phi) is 2.28. The molecule has 1 heterocycles. The minimum Gasteiger partial charge on any atom is -0.419 e. The van der Waals surface area contributed by atoms with E-state index in [0.717, 1.165) is 11.1 Å². The fourth-order valence-corrected chi connectivity index (χ4v) is 1.26. The molecule has 2 N–H and O–H groups in total. The third-order valence-corrected chi connectivity index (χ3v) is 2.02. The first-order valence-electron chi connectivity index (χ1n) is 4.39. The van der Waals surface area contributed by atoms with Crippen LogP contribution in [-0.4, -0.2) is 10.2 Å². The maximum Gasteiger partial charge on any atom is 0.248 e. The second-order valence-corrected chi connectivity index (χ2v) is 3.02. The Bertz CT molecular complexity index is 436. The van der Waals surface area contributed by atoms with Crippen molar-refractivity contribution in [3.63, 3.8) is 0 Å². The average molecular weight is 189 g/mol. The molecule has 2 aromatic rings. The van der Waals surface area contributed by atoms with Gasteiger partial charge in [0, 0.05) is 5.56 Å². The lowest BCUT2D eigenvalue weighted by Gasteiger charge is -1.98. The van der Waals surface area contributed by atoms with Crippen LogP contribution in [0.3, 0.4) is 0 Å². The van der Waals surface area contributed by atoms with Crippen LogP contribution in [0.25, 0.3) is 11.5 Å². The fraction of sp³-hybridized carbons (Fsp3) is 0.200. The highest BCUT2D eigenvalue weighted by Crippen LogP contribution is 2.20. The second-order valence-electron chi connectivity index (χ2n) is 3.02. The Morgan fingerprint density at radius 3 is 2.71 bits per heavy atom. The predicted molar refractivity (Wildman–Crippen MR) is 52.4 cm³/mol. The predicted octanol–water partition coefficient (Wildman–Crippen LogP) is 1.50. The standard InChI is InChI=1S/C10H11N3O/c1-7-4-2-3-5-8(7)10-13-12-9(6-11)14-10/h2-5H,6,11H2,1H3. The van der Waals surface area contributed by atoms with Gasteiger partial charge in [0.2, 0.25) is 11.8 Å². The van der Waals surface area contributed by atoms with Gasteiger partial charge in [0.05, 0.1) is 6.54 Å². The number of aryl methyl sites for hydroxylation is 1. The summed E-state index contributed by atoms with van der Waals surface area (Å²) >= 11 is 0. The monoisotopic (exact) mass is 189 g/mol. The summed E-state index contributed by atoms with van der Waals surface area (Å²) in [5.41, 5.74) is 7.45. The molecular formula is C10H11N3O. The zero-order chi connectivity index (χ0) is 9.97. The minimum absolute atomic E-state index is 0.277. The Hall–Kier alpha value is -1.68. The highest BCUT2D eigenvalue weighted by molar-refractivity contribution is 5.57. The molecule has 0 aliphatic carbocycles. The number of rotatable bonds is 2. The zero-order valence-electron chi connectivity index (χ0n) is 7.90. The number of benzene rings is 1. The SMILES string of the molecule is Cc1ccccc1-c1nnc(CN)o1. The molecule has 0 radical (unpaired) electrons. The van der Waals surface area contributed by atoms with Gasteiger partial charge in [-0.25, -0.2) is 0 Å². The molecule has 1 aromatic carbocycles. The molecule has 0 spiro atoms. The Morgan fingerprint density at radius 1 is 1.29 bits per heavy atom. The van der Waals surface area contributed by atoms with Gasteiger partial charge in [0.15, 0.2) is 0 Å². The summed E-state index contributed by atoms with van der Waals surface area (Å²) in [4.78, 5) is 0. The van der Waals surface area contributed by atoms with Gasteiger partial charge >= 0.3 is 0 Å². The number of nitrogens with two attached hydrogens (primary N) is 1. The highest BCUT2D eigenvalue weighted by Gasteiger charge is 2.08. The average Bonchev–Trinajstić information content (AvgIpc) is 2.67. The van der Waals surface area contributed by atoms with Crippen molar-refractivity contribution in [2.75, 3.05) is 0 Å². The summed E-state index contributed by atoms with van der Waals surface area (Å²) in [6, 6.07) is 7.86. The molecule has 4 heteroatoms. The van der Waals surface area contributed by atoms with Crippen LogP contribution in [0, 0.1) is 6.92 Å². The van der Waals surface area contributed by atoms with Crippen molar-refractivity contribution >= 4 is 0 Å². The van der Waals surface area contributed by atoms with E-state index in [4.69, 9.17) is 10.2 Å². The first-order valence-corrected chi connectivity index (χ1v) is 4.39. The van der Waals surface area contributed by atoms with E-state index in [9.17, 15) is 0 Å². The molecular weight excluding hydrogens is 178 g/mol. The summed E-state index contributed by atoms with van der Waals surface area (Å²) in [5.74, 6) is 0.992. The fourth-order valence-electron chi connectivity index (χ4n) is 1.26. The van der Waals surface area contributed by atoms with Gasteiger partial charge in [-0.2, -0.15) is 0 Å². The van der Waals surface area contributed by atoms with E-state index in [0.29, 0.717) is 11.8 Å². The molecule has 14 heavy (non-hydrogen) atoms. The molecule has 0 fully saturated rings. The van der Waals surface area contributed by atoms with Crippen LogP contribution in [0.5, 0.6) is 0 Å². The summed E-state index contributed by atoms with van der Waals surface area (Å²) in [5, 5.41) is 7.73. The van der Waals surface area contributed by atoms with Crippen molar-refractivity contribution in [3.8, 4) is 11.5 Å². The van der Waals surface area contributed by atoms with Gasteiger partial charge in [-0.05, 0) is 18.6 Å². The van der Waals surface area contributed by atoms with Gasteiger partial charge in [-0.1, -0.05) is 18.2 Å². The van der Waals surface area contributed by atoms with E-state index >= 15 is 0 Å². The molecule has 0 saturated carbocycles. The van der Waals surface area contributed by atoms with Gasteiger partial charge < -0.3 is 10.2 Å². The quantitative estimate of drug-likeness (QED) is 0.777. The third-order valence-electron chi connectivity index (χ3n) is 2.02. The van der Waals surface area contributed by atoms with Crippen LogP contribution in [-0.2, 0) is 6.54 Å². The Labute approximate surface area is 81.8 Å². The van der Waals surface area contributed by atoms with E-state index in [1.54, 1.807) is 0 Å². The van der Waals surface area contributed by atoms with Crippen molar-refractivity contribution < 1.29 is 4.42 Å². The van der Waals surface area contributed by atoms with E-state index in [-0.39, 0.29) is 6.54 Å². The maximum atomic E-state index is 5.38. The second kappa shape index (κ2) is 3.59. The molecule has 0 unspecified atom stereocenters. The Balaban J connectivity index is 2.44. The largest absolute Gasteiger partial charge is 0.419 e. The molecule has 72 valence electrons. The molecule has 0 bridgehead atoms. The molecule has 0 aliphatic heterocycles. The van der Waals surface area contributed by atoms with Crippen LogP contribution < -0.4 is 5.73 Å². The number of hydrogen-bond acceptors (Lipinski definition) is 4. The van der Waals surface area contributed by atoms with Crippen LogP contribution in [0.4, 0.5) is 0 Å². The topological polar surface area (TPSA) is 64.9 Å². The molecule has 0 atom stereocenters. The van der Waals surface area contributed by atoms with Crippen molar-refractivity contribution in [2.45, 2.75) is 13.5 Å². The van der Waals surface area contributed by atoms with Gasteiger partial charge in [0.1, 0.15) is 0 Å². The van der Waals surface area contributed by atoms with Crippen LogP contribution in [0.2, 0.25) is 0 Å². The van der Waals surface area contributed by atoms with E-state index < -0.39 is 0 Å². The number of nitrogens with zero attached hydrogens (tertiary/aromatic N) is 2. The lowest BCUT2D eigenvalue weighted by atomic mass is 10.1. The lowest BCUT2D eigenvalue weighted by Crippen LogP contribution is -1.95. The zero-order valence-corrected chi connectivity index (χ0v) is 7.90. The van der Waals surface area contributed by atoms with Crippen LogP contribution in [0.1, 0.15) is 11.5 Å². The van der Waals surface area contributed by atoms with Gasteiger partial charge in [-0.15, -0.1) is 10.2 Å². The van der Waals surface area contributed by atoms with Crippen molar-refractivity contribution in [1.82, 2.24) is 10.2 Å². The maximum absolute atomic E-state index is 5.38. The van der Waals surface area contributed by atoms with E-state index in [1.807, 2.05) is 31.2 Å². The van der Waals surface area contributed by atoms with Gasteiger partial charge in [-0.3, -0.25) is 0 Å². The summed E-state index contributed by atoms with van der Waals surface area (Å²) in [6.07, 6.45) is 0. The number of aromatic nitrogens is 2. The Morgan fingerprint density at radius 2 is 2.07 bits per heavy atom. The van der Waals surface area contributed by atoms with Crippen LogP contribution in [0.15, 0.2) is 28.7 Å². The highest BCUT2D eigenvalue weighted by atomic mass is 16.4. The lowest BCUT2D eigenvalue weighted by molar-refractivity contribution is 0.508. The number of hydrogen-bond donors (Lipinski definition) is 1. The smallest absolute Gasteiger partial charge is 0.248 e. The van der Waals surface area contributed by atoms with Gasteiger partial charge in [0.25, 0.3) is 0 Å². The van der Waals surface area contributed by atoms with Crippen molar-refractivity contribution in [2.24, 2.45) is 5.73 Å². The van der Waals surface area contributed by atoms with Crippen molar-refractivity contribution in [3.05, 3.63) is 35.7 Å². The van der Waals surface area contributed by atoms with E-state index in [2.05, 4.69) is 10.2 Å². The molecule has 4 nitrogen and oxygen atoms in total. The molecule has 1 aromatic heterocycles. The normalized spacial score (nSPS) is 10.4. The first kappa shape index (κ1) is 8.90. The summed E-state index contributed by atoms with van der Waals surface area (Å²) < 4.78 is 5.35. The molecule has 2 rings (SSSR count). The van der Waals surface area contributed by atoms with Crippen molar-refractivity contribution in [1.29, 1.82) is 0 Å². The molecule has 0 amide bonds. The molecule has 0 saturated heterocycles. The first-order chi connectivity index (χ1) is 6.81. The summed E-state index contributed by atoms with van der Waals surface area (Å²) in [7, 11) is 0.